The van der Waals surface area contributed by atoms with E-state index < -0.39 is 22.7 Å². The summed E-state index contributed by atoms with van der Waals surface area (Å²) < 4.78 is 37.9. The summed E-state index contributed by atoms with van der Waals surface area (Å²) >= 11 is 5.48. The largest absolute Gasteiger partial charge is 0.480 e. The second-order valence-electron chi connectivity index (χ2n) is 3.57. The van der Waals surface area contributed by atoms with Crippen LogP contribution in [-0.2, 0) is 11.0 Å². The fourth-order valence-electron chi connectivity index (χ4n) is 1.48. The molecule has 0 aliphatic carbocycles. The maximum absolute atomic E-state index is 12.6. The molecule has 1 rings (SSSR count). The summed E-state index contributed by atoms with van der Waals surface area (Å²) in [4.78, 5) is 11.9. The monoisotopic (exact) mass is 281 g/mol. The topological polar surface area (TPSA) is 40.5 Å². The van der Waals surface area contributed by atoms with Gasteiger partial charge < -0.3 is 10.0 Å². The summed E-state index contributed by atoms with van der Waals surface area (Å²) in [6.07, 6.45) is -4.56. The number of halogens is 4. The van der Waals surface area contributed by atoms with Crippen LogP contribution >= 0.6 is 11.6 Å². The molecule has 0 aromatic heterocycles. The van der Waals surface area contributed by atoms with Crippen LogP contribution in [0.15, 0.2) is 18.2 Å². The quantitative estimate of drug-likeness (QED) is 0.921. The number of benzene rings is 1. The Labute approximate surface area is 107 Å². The van der Waals surface area contributed by atoms with Crippen LogP contribution in [0.4, 0.5) is 18.9 Å². The molecule has 0 aliphatic heterocycles. The first kappa shape index (κ1) is 14.6. The minimum Gasteiger partial charge on any atom is -0.480 e. The number of hydrogen-bond donors (Lipinski definition) is 1. The van der Waals surface area contributed by atoms with Gasteiger partial charge >= 0.3 is 12.1 Å². The van der Waals surface area contributed by atoms with Crippen LogP contribution < -0.4 is 4.90 Å². The van der Waals surface area contributed by atoms with Gasteiger partial charge in [-0.25, -0.2) is 0 Å². The van der Waals surface area contributed by atoms with Gasteiger partial charge in [-0.3, -0.25) is 4.79 Å². The number of nitrogens with zero attached hydrogens (tertiary/aromatic N) is 1. The van der Waals surface area contributed by atoms with Crippen molar-refractivity contribution in [1.82, 2.24) is 0 Å². The molecule has 0 fully saturated rings. The number of carboxylic acids is 1. The number of carboxylic acid groups (broad SMARTS) is 1. The Bertz CT molecular complexity index is 448. The third kappa shape index (κ3) is 3.53. The molecular weight excluding hydrogens is 271 g/mol. The molecule has 0 saturated heterocycles. The molecule has 18 heavy (non-hydrogen) atoms. The average Bonchev–Trinajstić information content (AvgIpc) is 2.25. The Hall–Kier alpha value is -1.43. The molecular formula is C11H11ClF3NO2. The predicted octanol–water partition coefficient (Wildman–Crippen LogP) is 3.27. The van der Waals surface area contributed by atoms with Crippen molar-refractivity contribution in [2.24, 2.45) is 0 Å². The van der Waals surface area contributed by atoms with Crippen LogP contribution in [0, 0.1) is 0 Å². The fraction of sp³-hybridized carbons (Fsp3) is 0.364. The number of carbonyl (C=O) groups is 1. The molecule has 0 radical (unpaired) electrons. The van der Waals surface area contributed by atoms with Crippen LogP contribution in [0.25, 0.3) is 0 Å². The summed E-state index contributed by atoms with van der Waals surface area (Å²) in [5, 5.41) is 8.27. The number of aliphatic carboxylic acids is 1. The maximum atomic E-state index is 12.6. The van der Waals surface area contributed by atoms with Gasteiger partial charge in [-0.2, -0.15) is 13.2 Å². The van der Waals surface area contributed by atoms with Gasteiger partial charge in [0.05, 0.1) is 10.6 Å². The Morgan fingerprint density at radius 3 is 2.50 bits per heavy atom. The zero-order valence-corrected chi connectivity index (χ0v) is 10.2. The number of likely N-dealkylation sites (N-methyl/N-ethyl adjacent to an activating group) is 1. The van der Waals surface area contributed by atoms with Crippen LogP contribution in [0.1, 0.15) is 12.5 Å². The van der Waals surface area contributed by atoms with Crippen molar-refractivity contribution in [3.05, 3.63) is 28.8 Å². The first-order valence-corrected chi connectivity index (χ1v) is 5.47. The van der Waals surface area contributed by atoms with Crippen molar-refractivity contribution in [3.8, 4) is 0 Å². The van der Waals surface area contributed by atoms with Crippen molar-refractivity contribution in [1.29, 1.82) is 0 Å². The van der Waals surface area contributed by atoms with Gasteiger partial charge in [0.25, 0.3) is 0 Å². The molecule has 100 valence electrons. The Morgan fingerprint density at radius 1 is 1.44 bits per heavy atom. The van der Waals surface area contributed by atoms with E-state index in [-0.39, 0.29) is 18.8 Å². The molecule has 0 amide bonds. The average molecular weight is 282 g/mol. The maximum Gasteiger partial charge on any atom is 0.417 e. The number of hydrogen-bond acceptors (Lipinski definition) is 2. The van der Waals surface area contributed by atoms with Gasteiger partial charge in [-0.05, 0) is 25.1 Å². The van der Waals surface area contributed by atoms with E-state index in [0.717, 1.165) is 12.1 Å². The molecule has 0 aliphatic rings. The molecule has 0 saturated carbocycles. The molecule has 7 heteroatoms. The third-order valence-corrected chi connectivity index (χ3v) is 2.66. The third-order valence-electron chi connectivity index (χ3n) is 2.33. The van der Waals surface area contributed by atoms with E-state index in [0.29, 0.717) is 0 Å². The first-order valence-electron chi connectivity index (χ1n) is 5.09. The second kappa shape index (κ2) is 5.48. The van der Waals surface area contributed by atoms with E-state index in [4.69, 9.17) is 16.7 Å². The summed E-state index contributed by atoms with van der Waals surface area (Å²) in [5.41, 5.74) is -0.790. The van der Waals surface area contributed by atoms with Crippen molar-refractivity contribution in [3.63, 3.8) is 0 Å². The van der Waals surface area contributed by atoms with Crippen LogP contribution in [0.5, 0.6) is 0 Å². The molecule has 0 heterocycles. The van der Waals surface area contributed by atoms with Crippen molar-refractivity contribution in [2.75, 3.05) is 18.0 Å². The van der Waals surface area contributed by atoms with E-state index in [1.165, 1.54) is 11.0 Å². The van der Waals surface area contributed by atoms with Crippen molar-refractivity contribution >= 4 is 23.3 Å². The van der Waals surface area contributed by atoms with E-state index in [2.05, 4.69) is 0 Å². The molecule has 3 nitrogen and oxygen atoms in total. The van der Waals surface area contributed by atoms with E-state index in [1.807, 2.05) is 0 Å². The first-order chi connectivity index (χ1) is 8.25. The van der Waals surface area contributed by atoms with E-state index in [1.54, 1.807) is 6.92 Å². The smallest absolute Gasteiger partial charge is 0.417 e. The molecule has 0 bridgehead atoms. The lowest BCUT2D eigenvalue weighted by molar-refractivity contribution is -0.137. The summed E-state index contributed by atoms with van der Waals surface area (Å²) in [7, 11) is 0. The molecule has 1 aromatic carbocycles. The molecule has 0 atom stereocenters. The zero-order chi connectivity index (χ0) is 13.9. The molecule has 1 aromatic rings. The highest BCUT2D eigenvalue weighted by Crippen LogP contribution is 2.36. The van der Waals surface area contributed by atoms with Crippen molar-refractivity contribution in [2.45, 2.75) is 13.1 Å². The number of alkyl halides is 3. The molecule has 1 N–H and O–H groups in total. The predicted molar refractivity (Wildman–Crippen MR) is 62.0 cm³/mol. The molecule has 0 spiro atoms. The number of rotatable bonds is 4. The normalized spacial score (nSPS) is 11.4. The Kier molecular flexibility index (Phi) is 4.45. The Morgan fingerprint density at radius 2 is 2.06 bits per heavy atom. The molecule has 0 unspecified atom stereocenters. The zero-order valence-electron chi connectivity index (χ0n) is 9.46. The van der Waals surface area contributed by atoms with E-state index in [9.17, 15) is 18.0 Å². The van der Waals surface area contributed by atoms with Gasteiger partial charge in [0.15, 0.2) is 0 Å². The summed E-state index contributed by atoms with van der Waals surface area (Å²) in [6, 6.07) is 3.34. The lowest BCUT2D eigenvalue weighted by Crippen LogP contribution is -2.29. The van der Waals surface area contributed by atoms with Gasteiger partial charge in [-0.15, -0.1) is 0 Å². The van der Waals surface area contributed by atoms with Gasteiger partial charge in [0.2, 0.25) is 0 Å². The minimum absolute atomic E-state index is 0.177. The summed E-state index contributed by atoms with van der Waals surface area (Å²) in [5.74, 6) is -1.11. The van der Waals surface area contributed by atoms with Crippen LogP contribution in [0.3, 0.4) is 0 Å². The van der Waals surface area contributed by atoms with Crippen molar-refractivity contribution < 1.29 is 23.1 Å². The highest BCUT2D eigenvalue weighted by Gasteiger charge is 2.33. The highest BCUT2D eigenvalue weighted by atomic mass is 35.5. The standard InChI is InChI=1S/C11H11ClF3NO2/c1-2-16(6-10(17)18)7-3-4-9(12)8(5-7)11(13,14)15/h3-5H,2,6H2,1H3,(H,17,18). The second-order valence-corrected chi connectivity index (χ2v) is 3.98. The lowest BCUT2D eigenvalue weighted by atomic mass is 10.1. The van der Waals surface area contributed by atoms with E-state index >= 15 is 0 Å². The Balaban J connectivity index is 3.14. The van der Waals surface area contributed by atoms with Gasteiger partial charge in [0, 0.05) is 12.2 Å². The lowest BCUT2D eigenvalue weighted by Gasteiger charge is -2.22. The van der Waals surface area contributed by atoms with Gasteiger partial charge in [-0.1, -0.05) is 11.6 Å². The van der Waals surface area contributed by atoms with Crippen LogP contribution in [0.2, 0.25) is 5.02 Å². The van der Waals surface area contributed by atoms with Crippen LogP contribution in [-0.4, -0.2) is 24.2 Å². The number of anilines is 1. The highest BCUT2D eigenvalue weighted by molar-refractivity contribution is 6.31. The fourth-order valence-corrected chi connectivity index (χ4v) is 1.70. The minimum atomic E-state index is -4.56. The van der Waals surface area contributed by atoms with Gasteiger partial charge in [0.1, 0.15) is 6.54 Å². The summed E-state index contributed by atoms with van der Waals surface area (Å²) in [6.45, 7) is 1.57. The SMILES string of the molecule is CCN(CC(=O)O)c1ccc(Cl)c(C(F)(F)F)c1.